The molecule has 21 heavy (non-hydrogen) atoms. The highest BCUT2D eigenvalue weighted by atomic mass is 32.1. The average Bonchev–Trinajstić information content (AvgIpc) is 2.77. The number of amides is 1. The highest BCUT2D eigenvalue weighted by molar-refractivity contribution is 7.17. The van der Waals surface area contributed by atoms with Gasteiger partial charge in [0.15, 0.2) is 5.13 Å². The Balaban J connectivity index is 2.08. The van der Waals surface area contributed by atoms with Crippen molar-refractivity contribution in [1.82, 2.24) is 9.88 Å². The molecule has 0 saturated carbocycles. The molecule has 1 amide bonds. The highest BCUT2D eigenvalue weighted by Gasteiger charge is 2.18. The predicted octanol–water partition coefficient (Wildman–Crippen LogP) is 2.37. The number of nitrogen functional groups attached to an aromatic ring is 1. The summed E-state index contributed by atoms with van der Waals surface area (Å²) in [5.74, 6) is -0.0432. The van der Waals surface area contributed by atoms with Crippen molar-refractivity contribution in [2.75, 3.05) is 31.8 Å². The Kier molecular flexibility index (Phi) is 4.47. The van der Waals surface area contributed by atoms with E-state index in [2.05, 4.69) is 4.98 Å². The lowest BCUT2D eigenvalue weighted by Crippen LogP contribution is -2.26. The number of hydrogen-bond acceptors (Lipinski definition) is 5. The maximum atomic E-state index is 12.4. The van der Waals surface area contributed by atoms with E-state index in [4.69, 9.17) is 5.73 Å². The number of benzene rings is 1. The van der Waals surface area contributed by atoms with E-state index in [1.165, 1.54) is 11.3 Å². The van der Waals surface area contributed by atoms with Gasteiger partial charge in [0.1, 0.15) is 4.88 Å². The van der Waals surface area contributed by atoms with Gasteiger partial charge in [0, 0.05) is 33.4 Å². The van der Waals surface area contributed by atoms with E-state index in [0.717, 1.165) is 11.3 Å². The van der Waals surface area contributed by atoms with Gasteiger partial charge < -0.3 is 15.5 Å². The zero-order chi connectivity index (χ0) is 15.6. The summed E-state index contributed by atoms with van der Waals surface area (Å²) in [7, 11) is 5.79. The van der Waals surface area contributed by atoms with Crippen molar-refractivity contribution in [1.29, 1.82) is 0 Å². The normalized spacial score (nSPS) is 10.5. The number of carbonyl (C=O) groups excluding carboxylic acids is 1. The van der Waals surface area contributed by atoms with Crippen LogP contribution in [0.25, 0.3) is 0 Å². The quantitative estimate of drug-likeness (QED) is 0.942. The zero-order valence-electron chi connectivity index (χ0n) is 12.8. The second kappa shape index (κ2) is 6.13. The molecule has 0 unspecified atom stereocenters. The number of hydrogen-bond donors (Lipinski definition) is 1. The Morgan fingerprint density at radius 1 is 1.24 bits per heavy atom. The van der Waals surface area contributed by atoms with Gasteiger partial charge in [-0.3, -0.25) is 4.79 Å². The Morgan fingerprint density at radius 2 is 1.86 bits per heavy atom. The first-order valence-corrected chi connectivity index (χ1v) is 7.44. The fourth-order valence-corrected chi connectivity index (χ4v) is 2.86. The fourth-order valence-electron chi connectivity index (χ4n) is 2.03. The lowest BCUT2D eigenvalue weighted by Gasteiger charge is -2.18. The van der Waals surface area contributed by atoms with Crippen LogP contribution in [0, 0.1) is 6.92 Å². The van der Waals surface area contributed by atoms with Gasteiger partial charge in [0.2, 0.25) is 0 Å². The van der Waals surface area contributed by atoms with Crippen molar-refractivity contribution in [2.45, 2.75) is 13.5 Å². The third-order valence-corrected chi connectivity index (χ3v) is 4.20. The maximum Gasteiger partial charge on any atom is 0.265 e. The SMILES string of the molecule is Cc1nc(N)sc1C(=O)N(C)Cc1ccc(N(C)C)cc1. The molecule has 112 valence electrons. The van der Waals surface area contributed by atoms with E-state index in [1.54, 1.807) is 18.9 Å². The minimum Gasteiger partial charge on any atom is -0.378 e. The van der Waals surface area contributed by atoms with Crippen LogP contribution in [0.3, 0.4) is 0 Å². The van der Waals surface area contributed by atoms with Crippen LogP contribution in [-0.2, 0) is 6.54 Å². The van der Waals surface area contributed by atoms with Gasteiger partial charge in [-0.15, -0.1) is 0 Å². The molecule has 0 radical (unpaired) electrons. The van der Waals surface area contributed by atoms with E-state index in [-0.39, 0.29) is 5.91 Å². The maximum absolute atomic E-state index is 12.4. The highest BCUT2D eigenvalue weighted by Crippen LogP contribution is 2.22. The lowest BCUT2D eigenvalue weighted by molar-refractivity contribution is 0.0789. The van der Waals surface area contributed by atoms with Crippen molar-refractivity contribution < 1.29 is 4.79 Å². The summed E-state index contributed by atoms with van der Waals surface area (Å²) >= 11 is 1.24. The third-order valence-electron chi connectivity index (χ3n) is 3.23. The zero-order valence-corrected chi connectivity index (χ0v) is 13.6. The lowest BCUT2D eigenvalue weighted by atomic mass is 10.2. The summed E-state index contributed by atoms with van der Waals surface area (Å²) in [6, 6.07) is 8.16. The molecule has 0 fully saturated rings. The van der Waals surface area contributed by atoms with Gasteiger partial charge in [-0.2, -0.15) is 0 Å². The number of nitrogens with zero attached hydrogens (tertiary/aromatic N) is 3. The van der Waals surface area contributed by atoms with Crippen molar-refractivity contribution in [3.63, 3.8) is 0 Å². The fraction of sp³-hybridized carbons (Fsp3) is 0.333. The molecule has 1 aromatic carbocycles. The minimum atomic E-state index is -0.0432. The second-order valence-electron chi connectivity index (χ2n) is 5.19. The van der Waals surface area contributed by atoms with E-state index in [9.17, 15) is 4.79 Å². The molecule has 1 aromatic heterocycles. The summed E-state index contributed by atoms with van der Waals surface area (Å²) in [5.41, 5.74) is 8.57. The first kappa shape index (κ1) is 15.3. The van der Waals surface area contributed by atoms with Crippen LogP contribution in [0.4, 0.5) is 10.8 Å². The number of aromatic nitrogens is 1. The molecular formula is C15H20N4OS. The van der Waals surface area contributed by atoms with Crippen LogP contribution in [-0.4, -0.2) is 36.9 Å². The van der Waals surface area contributed by atoms with Gasteiger partial charge in [-0.05, 0) is 24.6 Å². The van der Waals surface area contributed by atoms with Gasteiger partial charge in [-0.1, -0.05) is 23.5 Å². The smallest absolute Gasteiger partial charge is 0.265 e. The van der Waals surface area contributed by atoms with Crippen LogP contribution in [0.15, 0.2) is 24.3 Å². The number of nitrogens with two attached hydrogens (primary N) is 1. The van der Waals surface area contributed by atoms with Crippen molar-refractivity contribution in [3.8, 4) is 0 Å². The molecule has 0 saturated heterocycles. The standard InChI is InChI=1S/C15H20N4OS/c1-10-13(21-15(16)17-10)14(20)19(4)9-11-5-7-12(8-6-11)18(2)3/h5-8H,9H2,1-4H3,(H2,16,17). The van der Waals surface area contributed by atoms with Crippen LogP contribution in [0.1, 0.15) is 20.9 Å². The Hall–Kier alpha value is -2.08. The molecule has 5 nitrogen and oxygen atoms in total. The average molecular weight is 304 g/mol. The topological polar surface area (TPSA) is 62.5 Å². The molecule has 0 aliphatic heterocycles. The van der Waals surface area contributed by atoms with Crippen LogP contribution >= 0.6 is 11.3 Å². The largest absolute Gasteiger partial charge is 0.378 e. The molecule has 6 heteroatoms. The number of anilines is 2. The molecule has 2 aromatic rings. The van der Waals surface area contributed by atoms with Crippen molar-refractivity contribution in [2.24, 2.45) is 0 Å². The van der Waals surface area contributed by atoms with Gasteiger partial charge in [0.05, 0.1) is 5.69 Å². The molecular weight excluding hydrogens is 284 g/mol. The van der Waals surface area contributed by atoms with E-state index in [1.807, 2.05) is 43.3 Å². The minimum absolute atomic E-state index is 0.0432. The van der Waals surface area contributed by atoms with Crippen molar-refractivity contribution >= 4 is 28.1 Å². The monoisotopic (exact) mass is 304 g/mol. The molecule has 0 atom stereocenters. The van der Waals surface area contributed by atoms with E-state index >= 15 is 0 Å². The van der Waals surface area contributed by atoms with E-state index in [0.29, 0.717) is 22.2 Å². The van der Waals surface area contributed by atoms with Gasteiger partial charge in [0.25, 0.3) is 5.91 Å². The molecule has 1 heterocycles. The summed E-state index contributed by atoms with van der Waals surface area (Å²) in [5, 5.41) is 0.430. The van der Waals surface area contributed by atoms with Crippen LogP contribution in [0.5, 0.6) is 0 Å². The first-order valence-electron chi connectivity index (χ1n) is 6.63. The van der Waals surface area contributed by atoms with Gasteiger partial charge >= 0.3 is 0 Å². The number of thiazole rings is 1. The molecule has 0 aliphatic carbocycles. The second-order valence-corrected chi connectivity index (χ2v) is 6.22. The molecule has 2 rings (SSSR count). The van der Waals surface area contributed by atoms with Gasteiger partial charge in [-0.25, -0.2) is 4.98 Å². The third kappa shape index (κ3) is 3.52. The summed E-state index contributed by atoms with van der Waals surface area (Å²) in [4.78, 5) is 20.8. The predicted molar refractivity (Wildman–Crippen MR) is 87.8 cm³/mol. The Morgan fingerprint density at radius 3 is 2.33 bits per heavy atom. The van der Waals surface area contributed by atoms with Crippen LogP contribution < -0.4 is 10.6 Å². The Bertz CT molecular complexity index is 634. The number of carbonyl (C=O) groups is 1. The summed E-state index contributed by atoms with van der Waals surface area (Å²) < 4.78 is 0. The number of rotatable bonds is 4. The van der Waals surface area contributed by atoms with E-state index < -0.39 is 0 Å². The number of aryl methyl sites for hydroxylation is 1. The molecule has 0 spiro atoms. The molecule has 0 bridgehead atoms. The molecule has 2 N–H and O–H groups in total. The van der Waals surface area contributed by atoms with Crippen molar-refractivity contribution in [3.05, 3.63) is 40.4 Å². The van der Waals surface area contributed by atoms with Crippen LogP contribution in [0.2, 0.25) is 0 Å². The Labute approximate surface area is 129 Å². The first-order chi connectivity index (χ1) is 9.88. The summed E-state index contributed by atoms with van der Waals surface area (Å²) in [6.45, 7) is 2.36. The summed E-state index contributed by atoms with van der Waals surface area (Å²) in [6.07, 6.45) is 0. The molecule has 0 aliphatic rings.